The molecule has 2 aromatic carbocycles. The Kier molecular flexibility index (Phi) is 9.18. The molecule has 7 heteroatoms. The molecular formula is C26H33ClN2O4. The lowest BCUT2D eigenvalue weighted by atomic mass is 10.1. The van der Waals surface area contributed by atoms with Gasteiger partial charge in [0, 0.05) is 50.0 Å². The fourth-order valence-electron chi connectivity index (χ4n) is 3.87. The average molecular weight is 473 g/mol. The second-order valence-electron chi connectivity index (χ2n) is 8.20. The highest BCUT2D eigenvalue weighted by molar-refractivity contribution is 6.32. The molecule has 2 aromatic rings. The third-order valence-corrected chi connectivity index (χ3v) is 6.13. The number of hydrogen-bond donors (Lipinski definition) is 0. The van der Waals surface area contributed by atoms with Gasteiger partial charge in [-0.3, -0.25) is 9.69 Å². The Morgan fingerprint density at radius 3 is 2.61 bits per heavy atom. The van der Waals surface area contributed by atoms with Crippen LogP contribution in [0.25, 0.3) is 6.08 Å². The van der Waals surface area contributed by atoms with Crippen molar-refractivity contribution in [1.29, 1.82) is 0 Å². The van der Waals surface area contributed by atoms with Crippen molar-refractivity contribution in [3.63, 3.8) is 0 Å². The summed E-state index contributed by atoms with van der Waals surface area (Å²) >= 11 is 6.20. The highest BCUT2D eigenvalue weighted by Gasteiger charge is 2.26. The number of carbonyl (C=O) groups is 1. The molecule has 178 valence electrons. The zero-order valence-electron chi connectivity index (χ0n) is 19.8. The van der Waals surface area contributed by atoms with E-state index in [0.717, 1.165) is 36.3 Å². The highest BCUT2D eigenvalue weighted by atomic mass is 35.5. The molecule has 0 N–H and O–H groups in total. The lowest BCUT2D eigenvalue weighted by molar-refractivity contribution is -0.114. The zero-order valence-corrected chi connectivity index (χ0v) is 20.6. The maximum Gasteiger partial charge on any atom is 0.251 e. The van der Waals surface area contributed by atoms with Crippen molar-refractivity contribution in [2.45, 2.75) is 26.3 Å². The maximum atomic E-state index is 12.9. The van der Waals surface area contributed by atoms with E-state index in [4.69, 9.17) is 25.8 Å². The van der Waals surface area contributed by atoms with Gasteiger partial charge in [-0.05, 0) is 49.6 Å². The quantitative estimate of drug-likeness (QED) is 0.444. The predicted octanol–water partition coefficient (Wildman–Crippen LogP) is 4.69. The van der Waals surface area contributed by atoms with E-state index < -0.39 is 0 Å². The number of hydrogen-bond acceptors (Lipinski definition) is 5. The molecule has 1 aliphatic heterocycles. The molecule has 0 aliphatic carbocycles. The summed E-state index contributed by atoms with van der Waals surface area (Å²) in [5, 5.41) is 0.615. The van der Waals surface area contributed by atoms with Crippen molar-refractivity contribution in [2.24, 2.45) is 0 Å². The van der Waals surface area contributed by atoms with Gasteiger partial charge in [-0.2, -0.15) is 0 Å². The Morgan fingerprint density at radius 1 is 1.15 bits per heavy atom. The van der Waals surface area contributed by atoms with Crippen LogP contribution in [0.15, 0.2) is 42.5 Å². The van der Waals surface area contributed by atoms with Crippen molar-refractivity contribution in [2.75, 3.05) is 52.0 Å². The van der Waals surface area contributed by atoms with Gasteiger partial charge in [0.2, 0.25) is 0 Å². The number of benzene rings is 2. The van der Waals surface area contributed by atoms with Crippen molar-refractivity contribution in [3.05, 3.63) is 58.6 Å². The minimum absolute atomic E-state index is 0.0877. The normalized spacial score (nSPS) is 13.2. The van der Waals surface area contributed by atoms with E-state index in [-0.39, 0.29) is 5.91 Å². The van der Waals surface area contributed by atoms with Gasteiger partial charge >= 0.3 is 0 Å². The Balaban J connectivity index is 1.72. The Labute approximate surface area is 201 Å². The summed E-state index contributed by atoms with van der Waals surface area (Å²) in [7, 11) is 3.35. The van der Waals surface area contributed by atoms with Crippen LogP contribution in [0.5, 0.6) is 11.5 Å². The Bertz CT molecular complexity index is 977. The van der Waals surface area contributed by atoms with Gasteiger partial charge in [0.25, 0.3) is 5.91 Å². The van der Waals surface area contributed by atoms with E-state index in [1.54, 1.807) is 31.3 Å². The lowest BCUT2D eigenvalue weighted by Crippen LogP contribution is -2.37. The fourth-order valence-corrected chi connectivity index (χ4v) is 4.07. The molecule has 0 unspecified atom stereocenters. The number of ether oxygens (including phenoxy) is 3. The van der Waals surface area contributed by atoms with E-state index >= 15 is 0 Å². The predicted molar refractivity (Wildman–Crippen MR) is 134 cm³/mol. The number of carbonyl (C=O) groups excluding carboxylic acids is 1. The molecule has 0 saturated heterocycles. The van der Waals surface area contributed by atoms with Gasteiger partial charge in [0.15, 0.2) is 11.5 Å². The first-order valence-electron chi connectivity index (χ1n) is 11.3. The van der Waals surface area contributed by atoms with Gasteiger partial charge in [-0.1, -0.05) is 29.8 Å². The summed E-state index contributed by atoms with van der Waals surface area (Å²) < 4.78 is 16.9. The fraction of sp³-hybridized carbons (Fsp3) is 0.423. The molecule has 6 nitrogen and oxygen atoms in total. The van der Waals surface area contributed by atoms with Crippen LogP contribution in [-0.4, -0.2) is 63.9 Å². The first-order valence-corrected chi connectivity index (χ1v) is 11.6. The number of fused-ring (bicyclic) bond motifs is 1. The zero-order chi connectivity index (χ0) is 23.8. The van der Waals surface area contributed by atoms with Crippen molar-refractivity contribution in [1.82, 2.24) is 4.90 Å². The molecular weight excluding hydrogens is 440 g/mol. The smallest absolute Gasteiger partial charge is 0.251 e. The van der Waals surface area contributed by atoms with Crippen LogP contribution in [0, 0.1) is 0 Å². The third kappa shape index (κ3) is 6.50. The van der Waals surface area contributed by atoms with E-state index in [2.05, 4.69) is 18.7 Å². The van der Waals surface area contributed by atoms with Gasteiger partial charge < -0.3 is 19.1 Å². The summed E-state index contributed by atoms with van der Waals surface area (Å²) in [6.07, 6.45) is 4.09. The molecule has 1 aliphatic rings. The third-order valence-electron chi connectivity index (χ3n) is 5.79. The number of halogens is 1. The number of anilines is 1. The van der Waals surface area contributed by atoms with Gasteiger partial charge in [0.1, 0.15) is 6.61 Å². The van der Waals surface area contributed by atoms with E-state index in [9.17, 15) is 4.79 Å². The number of methoxy groups -OCH3 is 2. The molecule has 0 spiro atoms. The molecule has 0 fully saturated rings. The minimum atomic E-state index is -0.0877. The molecule has 3 rings (SSSR count). The number of rotatable bonds is 11. The molecule has 1 amide bonds. The molecule has 0 saturated carbocycles. The van der Waals surface area contributed by atoms with Crippen molar-refractivity contribution >= 4 is 29.3 Å². The maximum absolute atomic E-state index is 12.9. The van der Waals surface area contributed by atoms with Crippen LogP contribution >= 0.6 is 11.6 Å². The van der Waals surface area contributed by atoms with E-state index in [0.29, 0.717) is 42.3 Å². The van der Waals surface area contributed by atoms with Crippen molar-refractivity contribution < 1.29 is 19.0 Å². The summed E-state index contributed by atoms with van der Waals surface area (Å²) in [4.78, 5) is 17.0. The van der Waals surface area contributed by atoms with Crippen LogP contribution in [0.4, 0.5) is 5.69 Å². The summed E-state index contributed by atoms with van der Waals surface area (Å²) in [5.74, 6) is 1.24. The monoisotopic (exact) mass is 472 g/mol. The highest BCUT2D eigenvalue weighted by Crippen LogP contribution is 2.39. The summed E-state index contributed by atoms with van der Waals surface area (Å²) in [6.45, 7) is 7.74. The topological polar surface area (TPSA) is 51.2 Å². The Morgan fingerprint density at radius 2 is 1.91 bits per heavy atom. The minimum Gasteiger partial charge on any atom is -0.493 e. The second kappa shape index (κ2) is 12.1. The molecule has 0 bridgehead atoms. The van der Waals surface area contributed by atoms with Crippen LogP contribution in [0.3, 0.4) is 0 Å². The SMILES string of the molecule is COCCN(CCOc1cc2c(cc1OC)CCN2C(=O)/C=C/c1ccccc1Cl)C(C)C. The van der Waals surface area contributed by atoms with Crippen LogP contribution in [0.1, 0.15) is 25.0 Å². The number of nitrogens with zero attached hydrogens (tertiary/aromatic N) is 2. The van der Waals surface area contributed by atoms with Crippen LogP contribution < -0.4 is 14.4 Å². The van der Waals surface area contributed by atoms with Gasteiger partial charge in [-0.15, -0.1) is 0 Å². The molecule has 0 radical (unpaired) electrons. The van der Waals surface area contributed by atoms with Crippen molar-refractivity contribution in [3.8, 4) is 11.5 Å². The van der Waals surface area contributed by atoms with Crippen LogP contribution in [0.2, 0.25) is 5.02 Å². The Hall–Kier alpha value is -2.54. The lowest BCUT2D eigenvalue weighted by Gasteiger charge is -2.26. The molecule has 1 heterocycles. The van der Waals surface area contributed by atoms with Crippen LogP contribution in [-0.2, 0) is 16.0 Å². The van der Waals surface area contributed by atoms with Gasteiger partial charge in [-0.25, -0.2) is 0 Å². The largest absolute Gasteiger partial charge is 0.493 e. The van der Waals surface area contributed by atoms with E-state index in [1.807, 2.05) is 36.4 Å². The second-order valence-corrected chi connectivity index (χ2v) is 8.60. The standard InChI is InChI=1S/C26H33ClN2O4/c1-19(2)28(13-15-31-3)14-16-33-25-18-23-21(17-24(25)32-4)11-12-29(23)26(30)10-9-20-7-5-6-8-22(20)27/h5-10,17-19H,11-16H2,1-4H3/b10-9+. The molecule has 0 aromatic heterocycles. The average Bonchev–Trinajstić information content (AvgIpc) is 3.22. The first-order chi connectivity index (χ1) is 15.9. The van der Waals surface area contributed by atoms with E-state index in [1.165, 1.54) is 0 Å². The first kappa shape index (κ1) is 25.1. The van der Waals surface area contributed by atoms with Gasteiger partial charge in [0.05, 0.1) is 19.4 Å². The summed E-state index contributed by atoms with van der Waals surface area (Å²) in [6, 6.07) is 11.7. The molecule has 33 heavy (non-hydrogen) atoms. The number of amides is 1. The molecule has 0 atom stereocenters. The summed E-state index contributed by atoms with van der Waals surface area (Å²) in [5.41, 5.74) is 2.75.